The molecule has 0 unspecified atom stereocenters. The summed E-state index contributed by atoms with van der Waals surface area (Å²) in [6.07, 6.45) is 1.32. The van der Waals surface area contributed by atoms with E-state index in [9.17, 15) is 4.79 Å². The van der Waals surface area contributed by atoms with Crippen LogP contribution in [0.2, 0.25) is 0 Å². The number of nitriles is 1. The molecule has 1 fully saturated rings. The molecule has 1 aromatic heterocycles. The zero-order chi connectivity index (χ0) is 21.8. The Hall–Kier alpha value is -3.17. The molecule has 1 aliphatic heterocycles. The van der Waals surface area contributed by atoms with Crippen molar-refractivity contribution in [2.45, 2.75) is 26.7 Å². The number of benzene rings is 2. The van der Waals surface area contributed by atoms with Gasteiger partial charge in [0.15, 0.2) is 0 Å². The van der Waals surface area contributed by atoms with E-state index in [1.165, 1.54) is 5.56 Å². The summed E-state index contributed by atoms with van der Waals surface area (Å²) >= 11 is 1.62. The third kappa shape index (κ3) is 4.95. The van der Waals surface area contributed by atoms with E-state index in [1.54, 1.807) is 11.3 Å². The van der Waals surface area contributed by atoms with Gasteiger partial charge in [0.05, 0.1) is 28.8 Å². The van der Waals surface area contributed by atoms with Gasteiger partial charge in [-0.2, -0.15) is 5.26 Å². The minimum Gasteiger partial charge on any atom is -0.370 e. The molecule has 0 spiro atoms. The fourth-order valence-corrected chi connectivity index (χ4v) is 4.90. The average Bonchev–Trinajstić information content (AvgIpc) is 2.99. The lowest BCUT2D eigenvalue weighted by atomic mass is 10.1. The molecule has 3 aromatic rings. The first kappa shape index (κ1) is 21.1. The van der Waals surface area contributed by atoms with E-state index in [0.29, 0.717) is 18.5 Å². The summed E-state index contributed by atoms with van der Waals surface area (Å²) in [7, 11) is 0. The van der Waals surface area contributed by atoms with Crippen LogP contribution in [0.5, 0.6) is 0 Å². The lowest BCUT2D eigenvalue weighted by Crippen LogP contribution is -2.36. The third-order valence-corrected chi connectivity index (χ3v) is 6.62. The van der Waals surface area contributed by atoms with Crippen LogP contribution in [-0.2, 0) is 11.2 Å². The summed E-state index contributed by atoms with van der Waals surface area (Å²) < 4.78 is 0. The van der Waals surface area contributed by atoms with E-state index in [2.05, 4.69) is 42.2 Å². The van der Waals surface area contributed by atoms with Crippen molar-refractivity contribution in [3.8, 4) is 17.3 Å². The van der Waals surface area contributed by atoms with Crippen LogP contribution in [0.1, 0.15) is 27.4 Å². The first-order chi connectivity index (χ1) is 15.0. The molecule has 0 aliphatic carbocycles. The number of hydrogen-bond donors (Lipinski definition) is 0. The summed E-state index contributed by atoms with van der Waals surface area (Å²) in [6, 6.07) is 18.2. The molecule has 0 radical (unpaired) electrons. The van der Waals surface area contributed by atoms with Gasteiger partial charge in [0.25, 0.3) is 0 Å². The van der Waals surface area contributed by atoms with Gasteiger partial charge < -0.3 is 9.80 Å². The summed E-state index contributed by atoms with van der Waals surface area (Å²) in [5.41, 5.74) is 4.99. The van der Waals surface area contributed by atoms with E-state index < -0.39 is 0 Å². The summed E-state index contributed by atoms with van der Waals surface area (Å²) in [6.45, 7) is 7.24. The van der Waals surface area contributed by atoms with Crippen molar-refractivity contribution in [3.63, 3.8) is 0 Å². The number of aryl methyl sites for hydroxylation is 2. The minimum atomic E-state index is 0.165. The largest absolute Gasteiger partial charge is 0.370 e. The molecule has 5 nitrogen and oxygen atoms in total. The first-order valence-corrected chi connectivity index (χ1v) is 11.4. The van der Waals surface area contributed by atoms with Crippen molar-refractivity contribution in [1.29, 1.82) is 5.26 Å². The monoisotopic (exact) mass is 430 g/mol. The van der Waals surface area contributed by atoms with Crippen LogP contribution in [0.4, 0.5) is 5.69 Å². The van der Waals surface area contributed by atoms with Gasteiger partial charge in [0, 0.05) is 42.3 Å². The second kappa shape index (κ2) is 9.32. The Morgan fingerprint density at radius 3 is 2.48 bits per heavy atom. The lowest BCUT2D eigenvalue weighted by molar-refractivity contribution is -0.130. The molecule has 0 atom stereocenters. The van der Waals surface area contributed by atoms with Crippen LogP contribution in [0.15, 0.2) is 48.5 Å². The van der Waals surface area contributed by atoms with E-state index in [1.807, 2.05) is 36.1 Å². The van der Waals surface area contributed by atoms with Crippen LogP contribution in [-0.4, -0.2) is 42.0 Å². The van der Waals surface area contributed by atoms with Crippen molar-refractivity contribution in [2.24, 2.45) is 0 Å². The standard InChI is InChI=1S/C25H26N4OS/c1-18-4-8-21(9-5-18)25-23(31-19(2)27-25)16-24(30)29-13-3-12-28(14-15-29)22-10-6-20(17-26)7-11-22/h4-11H,3,12-16H2,1-2H3. The van der Waals surface area contributed by atoms with Crippen molar-refractivity contribution < 1.29 is 4.79 Å². The predicted molar refractivity (Wildman–Crippen MR) is 125 cm³/mol. The van der Waals surface area contributed by atoms with Crippen LogP contribution in [0.25, 0.3) is 11.3 Å². The highest BCUT2D eigenvalue weighted by Crippen LogP contribution is 2.29. The molecule has 4 rings (SSSR count). The molecular weight excluding hydrogens is 404 g/mol. The van der Waals surface area contributed by atoms with Gasteiger partial charge in [-0.3, -0.25) is 4.79 Å². The molecule has 2 aromatic carbocycles. The SMILES string of the molecule is Cc1ccc(-c2nc(C)sc2CC(=O)N2CCCN(c3ccc(C#N)cc3)CC2)cc1. The Kier molecular flexibility index (Phi) is 6.34. The Labute approximate surface area is 187 Å². The van der Waals surface area contributed by atoms with Crippen molar-refractivity contribution in [1.82, 2.24) is 9.88 Å². The first-order valence-electron chi connectivity index (χ1n) is 10.6. The number of carbonyl (C=O) groups excluding carboxylic acids is 1. The van der Waals surface area contributed by atoms with Gasteiger partial charge in [0.2, 0.25) is 5.91 Å². The zero-order valence-corrected chi connectivity index (χ0v) is 18.8. The second-order valence-electron chi connectivity index (χ2n) is 7.93. The van der Waals surface area contributed by atoms with Crippen LogP contribution in [0, 0.1) is 25.2 Å². The molecule has 2 heterocycles. The topological polar surface area (TPSA) is 60.2 Å². The molecule has 1 saturated heterocycles. The fraction of sp³-hybridized carbons (Fsp3) is 0.320. The molecule has 31 heavy (non-hydrogen) atoms. The maximum absolute atomic E-state index is 13.1. The van der Waals surface area contributed by atoms with Crippen molar-refractivity contribution in [2.75, 3.05) is 31.1 Å². The van der Waals surface area contributed by atoms with Crippen molar-refractivity contribution in [3.05, 3.63) is 69.5 Å². The van der Waals surface area contributed by atoms with Gasteiger partial charge in [-0.1, -0.05) is 29.8 Å². The number of nitrogens with zero attached hydrogens (tertiary/aromatic N) is 4. The van der Waals surface area contributed by atoms with Gasteiger partial charge in [-0.15, -0.1) is 11.3 Å². The number of anilines is 1. The van der Waals surface area contributed by atoms with Crippen molar-refractivity contribution >= 4 is 22.9 Å². The summed E-state index contributed by atoms with van der Waals surface area (Å²) in [5.74, 6) is 0.165. The Bertz CT molecular complexity index is 1100. The molecule has 0 saturated carbocycles. The van der Waals surface area contributed by atoms with Gasteiger partial charge in [-0.25, -0.2) is 4.98 Å². The fourth-order valence-electron chi connectivity index (χ4n) is 3.95. The highest BCUT2D eigenvalue weighted by molar-refractivity contribution is 7.12. The Balaban J connectivity index is 1.44. The normalized spacial score (nSPS) is 14.2. The predicted octanol–water partition coefficient (Wildman–Crippen LogP) is 4.58. The summed E-state index contributed by atoms with van der Waals surface area (Å²) in [5, 5.41) is 9.98. The van der Waals surface area contributed by atoms with E-state index in [0.717, 1.165) is 52.9 Å². The molecule has 1 amide bonds. The molecule has 158 valence electrons. The Morgan fingerprint density at radius 2 is 1.77 bits per heavy atom. The van der Waals surface area contributed by atoms with E-state index >= 15 is 0 Å². The number of aromatic nitrogens is 1. The number of carbonyl (C=O) groups is 1. The number of amides is 1. The molecule has 0 N–H and O–H groups in total. The third-order valence-electron chi connectivity index (χ3n) is 5.65. The van der Waals surface area contributed by atoms with Crippen LogP contribution < -0.4 is 4.90 Å². The highest BCUT2D eigenvalue weighted by Gasteiger charge is 2.22. The highest BCUT2D eigenvalue weighted by atomic mass is 32.1. The maximum atomic E-state index is 13.1. The van der Waals surface area contributed by atoms with E-state index in [-0.39, 0.29) is 5.91 Å². The van der Waals surface area contributed by atoms with Crippen LogP contribution in [0.3, 0.4) is 0 Å². The lowest BCUT2D eigenvalue weighted by Gasteiger charge is -2.23. The number of rotatable bonds is 4. The maximum Gasteiger partial charge on any atom is 0.227 e. The molecule has 6 heteroatoms. The van der Waals surface area contributed by atoms with Crippen LogP contribution >= 0.6 is 11.3 Å². The Morgan fingerprint density at radius 1 is 1.03 bits per heavy atom. The van der Waals surface area contributed by atoms with Gasteiger partial charge in [0.1, 0.15) is 0 Å². The smallest absolute Gasteiger partial charge is 0.227 e. The quantitative estimate of drug-likeness (QED) is 0.608. The number of thiazole rings is 1. The second-order valence-corrected chi connectivity index (χ2v) is 9.22. The summed E-state index contributed by atoms with van der Waals surface area (Å²) in [4.78, 5) is 23.2. The number of hydrogen-bond acceptors (Lipinski definition) is 5. The van der Waals surface area contributed by atoms with E-state index in [4.69, 9.17) is 10.2 Å². The molecule has 1 aliphatic rings. The molecular formula is C25H26N4OS. The zero-order valence-electron chi connectivity index (χ0n) is 18.0. The molecule has 0 bridgehead atoms. The van der Waals surface area contributed by atoms with Gasteiger partial charge in [-0.05, 0) is 44.5 Å². The average molecular weight is 431 g/mol. The minimum absolute atomic E-state index is 0.165. The van der Waals surface area contributed by atoms with Gasteiger partial charge >= 0.3 is 0 Å².